The number of methoxy groups -OCH3 is 8. The molecule has 10 N–H and O–H groups in total. The summed E-state index contributed by atoms with van der Waals surface area (Å²) >= 11 is 0. The number of nitrogens with two attached hydrogens (primary N) is 3. The van der Waals surface area contributed by atoms with Crippen molar-refractivity contribution in [3.05, 3.63) is 172 Å². The minimum atomic E-state index is -1.25. The third-order valence-electron chi connectivity index (χ3n) is 10.2. The van der Waals surface area contributed by atoms with Crippen LogP contribution >= 0.6 is 0 Å². The van der Waals surface area contributed by atoms with Gasteiger partial charge in [0, 0.05) is 36.4 Å². The monoisotopic (exact) mass is 1150 g/mol. The molecule has 0 aliphatic rings. The van der Waals surface area contributed by atoms with Crippen molar-refractivity contribution in [3.63, 3.8) is 0 Å². The number of hydrogen-bond donors (Lipinski definition) is 7. The number of carboxylic acids is 1. The molecule has 0 fully saturated rings. The summed E-state index contributed by atoms with van der Waals surface area (Å²) in [6, 6.07) is 20.7. The van der Waals surface area contributed by atoms with Gasteiger partial charge in [0.2, 0.25) is 0 Å². The summed E-state index contributed by atoms with van der Waals surface area (Å²) in [7, 11) is 10.6. The van der Waals surface area contributed by atoms with Crippen molar-refractivity contribution in [2.45, 2.75) is 13.8 Å². The van der Waals surface area contributed by atoms with Gasteiger partial charge in [0.1, 0.15) is 17.2 Å². The Kier molecular flexibility index (Phi) is 27.6. The number of esters is 5. The molecule has 0 aliphatic heterocycles. The van der Waals surface area contributed by atoms with Crippen LogP contribution in [0.2, 0.25) is 0 Å². The van der Waals surface area contributed by atoms with Crippen molar-refractivity contribution in [3.8, 4) is 34.5 Å². The minimum Gasteiger partial charge on any atom is -0.506 e. The van der Waals surface area contributed by atoms with Crippen molar-refractivity contribution in [2.24, 2.45) is 0 Å². The lowest BCUT2D eigenvalue weighted by atomic mass is 10.1. The predicted molar refractivity (Wildman–Crippen MR) is 290 cm³/mol. The average molecular weight is 1150 g/mol. The molecular weight excluding hydrogens is 1090 g/mol. The molecule has 0 amide bonds. The summed E-state index contributed by atoms with van der Waals surface area (Å²) in [5.41, 5.74) is 19.7. The molecule has 0 saturated heterocycles. The van der Waals surface area contributed by atoms with E-state index in [9.17, 15) is 64.2 Å². The van der Waals surface area contributed by atoms with Crippen molar-refractivity contribution in [1.82, 2.24) is 0 Å². The smallest absolute Gasteiger partial charge is 0.337 e. The molecule has 30 nitrogen and oxygen atoms in total. The first-order chi connectivity index (χ1) is 38.5. The summed E-state index contributed by atoms with van der Waals surface area (Å²) in [5, 5.41) is 67.0. The highest BCUT2D eigenvalue weighted by Gasteiger charge is 2.19. The van der Waals surface area contributed by atoms with Gasteiger partial charge in [-0.3, -0.25) is 30.3 Å². The Hall–Kier alpha value is -11.5. The number of aromatic hydroxyl groups is 3. The number of benzene rings is 6. The Balaban J connectivity index is 0.000000492. The van der Waals surface area contributed by atoms with E-state index in [1.807, 2.05) is 6.92 Å². The third-order valence-corrected chi connectivity index (χ3v) is 10.2. The fourth-order valence-electron chi connectivity index (χ4n) is 5.95. The first kappa shape index (κ1) is 68.6. The second kappa shape index (κ2) is 33.0. The number of nitrogen functional groups attached to an aromatic ring is 3. The lowest BCUT2D eigenvalue weighted by Crippen LogP contribution is -2.04. The highest BCUT2D eigenvalue weighted by molar-refractivity contribution is 5.93. The van der Waals surface area contributed by atoms with Crippen LogP contribution in [0.3, 0.4) is 0 Å². The van der Waals surface area contributed by atoms with Gasteiger partial charge in [-0.2, -0.15) is 0 Å². The number of carbonyl (C=O) groups excluding carboxylic acids is 5. The number of carboxylic acid groups (broad SMARTS) is 1. The first-order valence-corrected chi connectivity index (χ1v) is 22.4. The molecule has 0 saturated carbocycles. The van der Waals surface area contributed by atoms with E-state index in [0.717, 1.165) is 35.9 Å². The fraction of sp³-hybridized carbons (Fsp3) is 0.192. The van der Waals surface area contributed by atoms with Crippen LogP contribution in [-0.4, -0.2) is 128 Å². The number of carbonyl (C=O) groups is 6. The summed E-state index contributed by atoms with van der Waals surface area (Å²) in [6.45, 7) is 3.52. The maximum Gasteiger partial charge on any atom is 0.337 e. The SMILES string of the molecule is COC(=O)c1cc(C)c(N)c(O)c1.COC(=O)c1cc(C)c(N)c(OC)c1.COC(=O)c1ccc(N)c(OC)c1.COC(=O)c1ccc([N+](=O)[O-])c(O)c1.COC(=O)c1ccc([N+](=O)[O-])c(OC)c1.O=C(O)c1ccc([N+](=O)[O-])c(O)c1. The summed E-state index contributed by atoms with van der Waals surface area (Å²) in [4.78, 5) is 94.7. The second-order valence-corrected chi connectivity index (χ2v) is 15.4. The van der Waals surface area contributed by atoms with E-state index >= 15 is 0 Å². The molecule has 438 valence electrons. The van der Waals surface area contributed by atoms with E-state index in [1.54, 1.807) is 43.3 Å². The number of aryl methyl sites for hydroxylation is 2. The van der Waals surface area contributed by atoms with Crippen LogP contribution in [-0.2, 0) is 23.7 Å². The molecule has 0 atom stereocenters. The van der Waals surface area contributed by atoms with E-state index in [1.165, 1.54) is 87.2 Å². The standard InChI is InChI=1S/C10H13NO3.C9H9NO5.2C9H11NO3.C8H7NO5.C7H5NO5/c1-6-4-7(10(12)14-3)5-8(13-2)9(6)11;1-14-8-5-6(9(11)15-2)3-4-7(8)10(12)13;1-5-3-6(9(12)13-2)4-7(11)8(5)10;1-12-8-5-6(9(11)13-2)3-4-7(8)10;1-14-8(11)5-2-3-6(9(12)13)7(10)4-5;9-6-3-4(7(10)11)1-2-5(6)8(12)13/h4-5H,11H2,1-3H3;3-5H,1-2H3;3-4,11H,10H2,1-2H3;3-5H,10H2,1-2H3;2-4,10H,1H3;1-3,9H,(H,10,11). The normalized spacial score (nSPS) is 9.54. The number of ether oxygens (including phenoxy) is 8. The molecule has 0 heterocycles. The van der Waals surface area contributed by atoms with Gasteiger partial charge in [0.15, 0.2) is 17.2 Å². The number of aromatic carboxylic acids is 1. The van der Waals surface area contributed by atoms with Gasteiger partial charge in [-0.1, -0.05) is 0 Å². The van der Waals surface area contributed by atoms with E-state index in [4.69, 9.17) is 46.7 Å². The zero-order valence-corrected chi connectivity index (χ0v) is 45.3. The van der Waals surface area contributed by atoms with E-state index < -0.39 is 73.5 Å². The Labute approximate surface area is 465 Å². The van der Waals surface area contributed by atoms with Gasteiger partial charge in [0.05, 0.1) is 122 Å². The van der Waals surface area contributed by atoms with E-state index in [0.29, 0.717) is 45.1 Å². The Morgan fingerprint density at radius 3 is 1.06 bits per heavy atom. The van der Waals surface area contributed by atoms with Gasteiger partial charge in [-0.15, -0.1) is 0 Å². The number of nitrogens with zero attached hydrogens (tertiary/aromatic N) is 3. The van der Waals surface area contributed by atoms with E-state index in [2.05, 4.69) is 23.7 Å². The zero-order chi connectivity index (χ0) is 62.7. The largest absolute Gasteiger partial charge is 0.506 e. The number of nitro groups is 3. The van der Waals surface area contributed by atoms with Crippen molar-refractivity contribution in [2.75, 3.05) is 74.1 Å². The maximum absolute atomic E-state index is 11.2. The Morgan fingerprint density at radius 1 is 0.390 bits per heavy atom. The summed E-state index contributed by atoms with van der Waals surface area (Å²) in [6.07, 6.45) is 0. The van der Waals surface area contributed by atoms with E-state index in [-0.39, 0.29) is 39.6 Å². The molecular formula is C52H56N6O24. The summed E-state index contributed by atoms with van der Waals surface area (Å²) in [5.74, 6) is -4.06. The topological polar surface area (TPSA) is 465 Å². The van der Waals surface area contributed by atoms with Crippen LogP contribution in [0.1, 0.15) is 73.3 Å². The highest BCUT2D eigenvalue weighted by atomic mass is 16.6. The number of hydrogen-bond acceptors (Lipinski definition) is 26. The molecule has 0 spiro atoms. The third kappa shape index (κ3) is 20.2. The van der Waals surface area contributed by atoms with Crippen molar-refractivity contribution in [1.29, 1.82) is 0 Å². The van der Waals surface area contributed by atoms with Crippen molar-refractivity contribution >= 4 is 69.9 Å². The quantitative estimate of drug-likeness (QED) is 0.0162. The van der Waals surface area contributed by atoms with Gasteiger partial charge in [-0.05, 0) is 85.6 Å². The molecule has 0 bridgehead atoms. The van der Waals surface area contributed by atoms with Gasteiger partial charge in [-0.25, -0.2) is 28.8 Å². The maximum atomic E-state index is 11.2. The molecule has 6 aromatic carbocycles. The molecule has 0 radical (unpaired) electrons. The van der Waals surface area contributed by atoms with Gasteiger partial charge >= 0.3 is 52.9 Å². The number of phenols is 3. The van der Waals surface area contributed by atoms with Crippen LogP contribution in [0.25, 0.3) is 0 Å². The molecule has 6 rings (SSSR count). The molecule has 0 unspecified atom stereocenters. The lowest BCUT2D eigenvalue weighted by Gasteiger charge is -2.09. The molecule has 82 heavy (non-hydrogen) atoms. The van der Waals surface area contributed by atoms with Gasteiger partial charge < -0.3 is 75.5 Å². The number of phenolic OH excluding ortho intramolecular Hbond substituents is 3. The molecule has 6 aromatic rings. The van der Waals surface area contributed by atoms with Gasteiger partial charge in [0.25, 0.3) is 0 Å². The molecule has 0 aromatic heterocycles. The fourth-order valence-corrected chi connectivity index (χ4v) is 5.95. The number of rotatable bonds is 12. The first-order valence-electron chi connectivity index (χ1n) is 22.4. The Bertz CT molecular complexity index is 3290. The highest BCUT2D eigenvalue weighted by Crippen LogP contribution is 2.31. The second-order valence-electron chi connectivity index (χ2n) is 15.4. The Morgan fingerprint density at radius 2 is 0.695 bits per heavy atom. The summed E-state index contributed by atoms with van der Waals surface area (Å²) < 4.78 is 37.2. The lowest BCUT2D eigenvalue weighted by molar-refractivity contribution is -0.386. The van der Waals surface area contributed by atoms with Crippen LogP contribution < -0.4 is 31.4 Å². The predicted octanol–water partition coefficient (Wildman–Crippen LogP) is 6.98. The molecule has 30 heteroatoms. The van der Waals surface area contributed by atoms with Crippen LogP contribution in [0.4, 0.5) is 34.1 Å². The zero-order valence-electron chi connectivity index (χ0n) is 45.3. The van der Waals surface area contributed by atoms with Crippen molar-refractivity contribution < 1.29 is 102 Å². The average Bonchev–Trinajstić information content (AvgIpc) is 3.47. The van der Waals surface area contributed by atoms with Crippen LogP contribution in [0.15, 0.2) is 97.1 Å². The van der Waals surface area contributed by atoms with Crippen LogP contribution in [0, 0.1) is 44.2 Å². The number of anilines is 3. The van der Waals surface area contributed by atoms with Crippen LogP contribution in [0.5, 0.6) is 34.5 Å². The number of nitro benzene ring substituents is 3. The molecule has 0 aliphatic carbocycles. The minimum absolute atomic E-state index is 0.0305.